The van der Waals surface area contributed by atoms with Crippen LogP contribution in [0, 0.1) is 13.8 Å². The van der Waals surface area contributed by atoms with Crippen molar-refractivity contribution in [2.75, 3.05) is 5.32 Å². The number of benzene rings is 2. The summed E-state index contributed by atoms with van der Waals surface area (Å²) in [4.78, 5) is 32.0. The second kappa shape index (κ2) is 9.08. The first-order chi connectivity index (χ1) is 13.4. The predicted octanol–water partition coefficient (Wildman–Crippen LogP) is 4.51. The van der Waals surface area contributed by atoms with E-state index >= 15 is 0 Å². The minimum Gasteiger partial charge on any atom is -0.326 e. The lowest BCUT2D eigenvalue weighted by molar-refractivity contribution is -0.115. The minimum absolute atomic E-state index is 0.0261. The number of amides is 1. The molecule has 1 aromatic heterocycles. The molecule has 0 aliphatic heterocycles. The summed E-state index contributed by atoms with van der Waals surface area (Å²) in [5.41, 5.74) is 3.38. The van der Waals surface area contributed by atoms with E-state index in [1.807, 2.05) is 55.5 Å². The van der Waals surface area contributed by atoms with Gasteiger partial charge in [0, 0.05) is 27.7 Å². The van der Waals surface area contributed by atoms with Crippen molar-refractivity contribution in [3.8, 4) is 0 Å². The van der Waals surface area contributed by atoms with Crippen LogP contribution in [0.3, 0.4) is 0 Å². The Morgan fingerprint density at radius 3 is 2.68 bits per heavy atom. The first-order valence-corrected chi connectivity index (χ1v) is 10.1. The number of para-hydroxylation sites is 1. The van der Waals surface area contributed by atoms with Gasteiger partial charge in [-0.15, -0.1) is 0 Å². The topological polar surface area (TPSA) is 74.8 Å². The van der Waals surface area contributed by atoms with Crippen molar-refractivity contribution in [3.05, 3.63) is 86.3 Å². The van der Waals surface area contributed by atoms with E-state index < -0.39 is 0 Å². The molecule has 3 aromatic rings. The molecule has 0 fully saturated rings. The van der Waals surface area contributed by atoms with Crippen molar-refractivity contribution in [1.29, 1.82) is 0 Å². The highest BCUT2D eigenvalue weighted by Gasteiger charge is 2.14. The van der Waals surface area contributed by atoms with Crippen molar-refractivity contribution >= 4 is 35.0 Å². The fourth-order valence-electron chi connectivity index (χ4n) is 2.71. The molecule has 0 bridgehead atoms. The van der Waals surface area contributed by atoms with Gasteiger partial charge in [-0.3, -0.25) is 9.59 Å². The molecule has 0 saturated heterocycles. The molecule has 7 heteroatoms. The van der Waals surface area contributed by atoms with E-state index in [0.717, 1.165) is 16.8 Å². The number of H-pyrrole nitrogens is 1. The maximum Gasteiger partial charge on any atom is 0.255 e. The normalized spacial score (nSPS) is 10.7. The smallest absolute Gasteiger partial charge is 0.255 e. The van der Waals surface area contributed by atoms with Crippen LogP contribution >= 0.6 is 23.4 Å². The van der Waals surface area contributed by atoms with Crippen molar-refractivity contribution in [3.63, 3.8) is 0 Å². The maximum atomic E-state index is 12.5. The number of aromatic amines is 1. The van der Waals surface area contributed by atoms with Crippen molar-refractivity contribution < 1.29 is 4.79 Å². The summed E-state index contributed by atoms with van der Waals surface area (Å²) in [7, 11) is 0. The second-order valence-electron chi connectivity index (χ2n) is 6.39. The number of nitrogens with zero attached hydrogens (tertiary/aromatic N) is 1. The molecule has 0 aliphatic rings. The zero-order valence-electron chi connectivity index (χ0n) is 15.6. The largest absolute Gasteiger partial charge is 0.326 e. The summed E-state index contributed by atoms with van der Waals surface area (Å²) in [6.07, 6.45) is -0.0261. The van der Waals surface area contributed by atoms with E-state index in [2.05, 4.69) is 15.3 Å². The van der Waals surface area contributed by atoms with Crippen LogP contribution in [0.5, 0.6) is 0 Å². The zero-order valence-corrected chi connectivity index (χ0v) is 17.2. The molecular formula is C21H20ClN3O2S. The quantitative estimate of drug-likeness (QED) is 0.460. The van der Waals surface area contributed by atoms with E-state index in [4.69, 9.17) is 11.6 Å². The lowest BCUT2D eigenvalue weighted by atomic mass is 10.1. The van der Waals surface area contributed by atoms with Gasteiger partial charge in [0.15, 0.2) is 5.16 Å². The summed E-state index contributed by atoms with van der Waals surface area (Å²) < 4.78 is 0. The van der Waals surface area contributed by atoms with Gasteiger partial charge in [-0.25, -0.2) is 4.98 Å². The van der Waals surface area contributed by atoms with Crippen molar-refractivity contribution in [2.45, 2.75) is 31.2 Å². The standard InChI is InChI=1S/C21H20ClN3O2S/c1-13-6-3-4-9-18(13)24-19(26)11-17-14(2)23-21(25-20(17)27)28-12-15-7-5-8-16(22)10-15/h3-10H,11-12H2,1-2H3,(H,24,26)(H,23,25,27). The Morgan fingerprint density at radius 2 is 1.96 bits per heavy atom. The molecule has 0 atom stereocenters. The van der Waals surface area contributed by atoms with Gasteiger partial charge in [0.1, 0.15) is 0 Å². The number of carbonyl (C=O) groups excluding carboxylic acids is 1. The summed E-state index contributed by atoms with van der Waals surface area (Å²) >= 11 is 7.41. The van der Waals surface area contributed by atoms with Gasteiger partial charge in [-0.05, 0) is 43.2 Å². The van der Waals surface area contributed by atoms with Crippen LogP contribution in [-0.2, 0) is 17.0 Å². The third-order valence-corrected chi connectivity index (χ3v) is 5.40. The number of halogens is 1. The first kappa shape index (κ1) is 20.2. The molecule has 1 amide bonds. The summed E-state index contributed by atoms with van der Waals surface area (Å²) in [6, 6.07) is 15.1. The SMILES string of the molecule is Cc1ccccc1NC(=O)Cc1c(C)nc(SCc2cccc(Cl)c2)[nH]c1=O. The Morgan fingerprint density at radius 1 is 1.18 bits per heavy atom. The van der Waals surface area contributed by atoms with Gasteiger partial charge >= 0.3 is 0 Å². The van der Waals surface area contributed by atoms with E-state index in [-0.39, 0.29) is 17.9 Å². The Labute approximate surface area is 172 Å². The molecular weight excluding hydrogens is 394 g/mol. The van der Waals surface area contributed by atoms with Crippen LogP contribution in [0.25, 0.3) is 0 Å². The maximum absolute atomic E-state index is 12.5. The number of nitrogens with one attached hydrogen (secondary N) is 2. The summed E-state index contributed by atoms with van der Waals surface area (Å²) in [6.45, 7) is 3.66. The van der Waals surface area contributed by atoms with Gasteiger partial charge < -0.3 is 10.3 Å². The van der Waals surface area contributed by atoms with Crippen LogP contribution in [0.2, 0.25) is 5.02 Å². The van der Waals surface area contributed by atoms with E-state index in [1.165, 1.54) is 11.8 Å². The molecule has 2 aromatic carbocycles. The molecule has 5 nitrogen and oxygen atoms in total. The Kier molecular flexibility index (Phi) is 6.54. The number of aromatic nitrogens is 2. The third-order valence-electron chi connectivity index (χ3n) is 4.22. The average molecular weight is 414 g/mol. The fraction of sp³-hybridized carbons (Fsp3) is 0.190. The van der Waals surface area contributed by atoms with Gasteiger partial charge in [-0.2, -0.15) is 0 Å². The van der Waals surface area contributed by atoms with Crippen LogP contribution in [0.4, 0.5) is 5.69 Å². The summed E-state index contributed by atoms with van der Waals surface area (Å²) in [5.74, 6) is 0.389. The molecule has 2 N–H and O–H groups in total. The Balaban J connectivity index is 1.68. The molecule has 1 heterocycles. The molecule has 0 spiro atoms. The van der Waals surface area contributed by atoms with E-state index in [1.54, 1.807) is 6.92 Å². The highest BCUT2D eigenvalue weighted by molar-refractivity contribution is 7.98. The van der Waals surface area contributed by atoms with Gasteiger partial charge in [-0.1, -0.05) is 53.7 Å². The van der Waals surface area contributed by atoms with Crippen LogP contribution in [-0.4, -0.2) is 15.9 Å². The Bertz CT molecular complexity index is 1070. The number of hydrogen-bond donors (Lipinski definition) is 2. The number of rotatable bonds is 6. The van der Waals surface area contributed by atoms with E-state index in [9.17, 15) is 9.59 Å². The molecule has 3 rings (SSSR count). The van der Waals surface area contributed by atoms with E-state index in [0.29, 0.717) is 27.2 Å². The molecule has 0 aliphatic carbocycles. The third kappa shape index (κ3) is 5.24. The van der Waals surface area contributed by atoms with Gasteiger partial charge in [0.2, 0.25) is 5.91 Å². The number of thioether (sulfide) groups is 1. The molecule has 0 radical (unpaired) electrons. The average Bonchev–Trinajstić information content (AvgIpc) is 2.65. The zero-order chi connectivity index (χ0) is 20.1. The molecule has 0 unspecified atom stereocenters. The summed E-state index contributed by atoms with van der Waals surface area (Å²) in [5, 5.41) is 4.03. The first-order valence-electron chi connectivity index (χ1n) is 8.75. The molecule has 144 valence electrons. The number of hydrogen-bond acceptors (Lipinski definition) is 4. The highest BCUT2D eigenvalue weighted by atomic mass is 35.5. The lowest BCUT2D eigenvalue weighted by Crippen LogP contribution is -2.24. The number of anilines is 1. The fourth-order valence-corrected chi connectivity index (χ4v) is 3.77. The minimum atomic E-state index is -0.291. The van der Waals surface area contributed by atoms with Gasteiger partial charge in [0.25, 0.3) is 5.56 Å². The monoisotopic (exact) mass is 413 g/mol. The van der Waals surface area contributed by atoms with Gasteiger partial charge in [0.05, 0.1) is 6.42 Å². The molecule has 0 saturated carbocycles. The molecule has 28 heavy (non-hydrogen) atoms. The van der Waals surface area contributed by atoms with Crippen LogP contribution in [0.1, 0.15) is 22.4 Å². The number of aryl methyl sites for hydroxylation is 2. The lowest BCUT2D eigenvalue weighted by Gasteiger charge is -2.10. The van der Waals surface area contributed by atoms with Crippen LogP contribution in [0.15, 0.2) is 58.5 Å². The number of carbonyl (C=O) groups is 1. The van der Waals surface area contributed by atoms with Crippen molar-refractivity contribution in [1.82, 2.24) is 9.97 Å². The second-order valence-corrected chi connectivity index (χ2v) is 7.79. The predicted molar refractivity (Wildman–Crippen MR) is 114 cm³/mol. The highest BCUT2D eigenvalue weighted by Crippen LogP contribution is 2.21. The Hall–Kier alpha value is -2.57. The van der Waals surface area contributed by atoms with Crippen LogP contribution < -0.4 is 10.9 Å². The van der Waals surface area contributed by atoms with Crippen molar-refractivity contribution in [2.24, 2.45) is 0 Å².